The molecule has 2 aromatic rings. The van der Waals surface area contributed by atoms with E-state index in [0.717, 1.165) is 5.69 Å². The molecule has 0 unspecified atom stereocenters. The Morgan fingerprint density at radius 1 is 1.05 bits per heavy atom. The molecule has 0 aliphatic carbocycles. The van der Waals surface area contributed by atoms with Gasteiger partial charge in [0.25, 0.3) is 0 Å². The third kappa shape index (κ3) is 3.45. The SMILES string of the molecule is C=CCN(OC(=O)c1ccccc1)c1ccccc1. The Kier molecular flexibility index (Phi) is 4.34. The zero-order valence-corrected chi connectivity index (χ0v) is 10.5. The lowest BCUT2D eigenvalue weighted by Gasteiger charge is -2.21. The number of benzene rings is 2. The standard InChI is InChI=1S/C16H15NO2/c1-2-13-17(15-11-7-4-8-12-15)19-16(18)14-9-5-3-6-10-14/h2-12H,1,13H2. The van der Waals surface area contributed by atoms with E-state index in [4.69, 9.17) is 4.84 Å². The second-order valence-corrected chi connectivity index (χ2v) is 3.93. The smallest absolute Gasteiger partial charge is 0.335 e. The third-order valence-corrected chi connectivity index (χ3v) is 2.54. The lowest BCUT2D eigenvalue weighted by atomic mass is 10.2. The molecule has 0 N–H and O–H groups in total. The number of carbonyl (C=O) groups excluding carboxylic acids is 1. The second-order valence-electron chi connectivity index (χ2n) is 3.93. The van der Waals surface area contributed by atoms with Crippen LogP contribution in [-0.4, -0.2) is 12.5 Å². The van der Waals surface area contributed by atoms with E-state index in [-0.39, 0.29) is 5.97 Å². The van der Waals surface area contributed by atoms with Crippen LogP contribution in [0, 0.1) is 0 Å². The molecule has 0 aliphatic heterocycles. The number of hydrogen-bond acceptors (Lipinski definition) is 3. The van der Waals surface area contributed by atoms with Crippen LogP contribution in [0.4, 0.5) is 5.69 Å². The Labute approximate surface area is 112 Å². The molecule has 2 aromatic carbocycles. The van der Waals surface area contributed by atoms with E-state index in [1.54, 1.807) is 30.3 Å². The Balaban J connectivity index is 2.14. The van der Waals surface area contributed by atoms with Crippen molar-refractivity contribution in [3.05, 3.63) is 78.9 Å². The first-order valence-electron chi connectivity index (χ1n) is 6.02. The Morgan fingerprint density at radius 3 is 2.21 bits per heavy atom. The predicted octanol–water partition coefficient (Wildman–Crippen LogP) is 3.45. The average molecular weight is 253 g/mol. The van der Waals surface area contributed by atoms with E-state index in [1.165, 1.54) is 5.06 Å². The first-order valence-corrected chi connectivity index (χ1v) is 6.02. The number of para-hydroxylation sites is 1. The van der Waals surface area contributed by atoms with Gasteiger partial charge >= 0.3 is 5.97 Å². The molecule has 2 rings (SSSR count). The minimum Gasteiger partial charge on any atom is -0.335 e. The van der Waals surface area contributed by atoms with Crippen LogP contribution in [-0.2, 0) is 4.84 Å². The van der Waals surface area contributed by atoms with Crippen molar-refractivity contribution in [2.45, 2.75) is 0 Å². The van der Waals surface area contributed by atoms with E-state index >= 15 is 0 Å². The van der Waals surface area contributed by atoms with Crippen LogP contribution in [0.1, 0.15) is 10.4 Å². The van der Waals surface area contributed by atoms with Crippen molar-refractivity contribution in [2.75, 3.05) is 11.6 Å². The van der Waals surface area contributed by atoms with Crippen LogP contribution >= 0.6 is 0 Å². The van der Waals surface area contributed by atoms with Crippen molar-refractivity contribution in [1.82, 2.24) is 0 Å². The summed E-state index contributed by atoms with van der Waals surface area (Å²) in [6.45, 7) is 4.11. The van der Waals surface area contributed by atoms with Crippen LogP contribution < -0.4 is 5.06 Å². The van der Waals surface area contributed by atoms with Crippen molar-refractivity contribution in [2.24, 2.45) is 0 Å². The Morgan fingerprint density at radius 2 is 1.63 bits per heavy atom. The monoisotopic (exact) mass is 253 g/mol. The molecule has 96 valence electrons. The molecule has 3 nitrogen and oxygen atoms in total. The molecule has 0 heterocycles. The minimum absolute atomic E-state index is 0.383. The lowest BCUT2D eigenvalue weighted by Crippen LogP contribution is -2.27. The van der Waals surface area contributed by atoms with Gasteiger partial charge in [-0.05, 0) is 24.3 Å². The van der Waals surface area contributed by atoms with E-state index in [9.17, 15) is 4.79 Å². The molecule has 0 saturated carbocycles. The summed E-state index contributed by atoms with van der Waals surface area (Å²) in [6.07, 6.45) is 1.69. The fourth-order valence-electron chi connectivity index (χ4n) is 1.63. The molecule has 3 heteroatoms. The molecular formula is C16H15NO2. The Hall–Kier alpha value is -2.55. The number of hydrogen-bond donors (Lipinski definition) is 0. The quantitative estimate of drug-likeness (QED) is 0.603. The van der Waals surface area contributed by atoms with Gasteiger partial charge < -0.3 is 4.84 Å². The van der Waals surface area contributed by atoms with Gasteiger partial charge in [-0.1, -0.05) is 42.5 Å². The molecular weight excluding hydrogens is 238 g/mol. The first kappa shape index (κ1) is 12.9. The van der Waals surface area contributed by atoms with E-state index in [2.05, 4.69) is 6.58 Å². The fourth-order valence-corrected chi connectivity index (χ4v) is 1.63. The minimum atomic E-state index is -0.383. The van der Waals surface area contributed by atoms with Crippen LogP contribution in [0.3, 0.4) is 0 Å². The summed E-state index contributed by atoms with van der Waals surface area (Å²) in [5, 5.41) is 1.52. The van der Waals surface area contributed by atoms with Gasteiger partial charge in [0, 0.05) is 0 Å². The van der Waals surface area contributed by atoms with Crippen molar-refractivity contribution >= 4 is 11.7 Å². The van der Waals surface area contributed by atoms with Crippen LogP contribution in [0.5, 0.6) is 0 Å². The average Bonchev–Trinajstić information content (AvgIpc) is 2.48. The lowest BCUT2D eigenvalue weighted by molar-refractivity contribution is 0.0463. The molecule has 0 amide bonds. The third-order valence-electron chi connectivity index (χ3n) is 2.54. The number of carbonyl (C=O) groups is 1. The summed E-state index contributed by atoms with van der Waals surface area (Å²) >= 11 is 0. The molecule has 0 aromatic heterocycles. The highest BCUT2D eigenvalue weighted by Gasteiger charge is 2.13. The van der Waals surface area contributed by atoms with E-state index in [1.807, 2.05) is 36.4 Å². The number of rotatable bonds is 5. The highest BCUT2D eigenvalue weighted by Crippen LogP contribution is 2.15. The van der Waals surface area contributed by atoms with Gasteiger partial charge in [-0.3, -0.25) is 0 Å². The summed E-state index contributed by atoms with van der Waals surface area (Å²) in [6, 6.07) is 18.4. The van der Waals surface area contributed by atoms with Gasteiger partial charge in [0.15, 0.2) is 0 Å². The van der Waals surface area contributed by atoms with Gasteiger partial charge in [0.2, 0.25) is 0 Å². The maximum absolute atomic E-state index is 12.0. The van der Waals surface area contributed by atoms with Crippen LogP contribution in [0.25, 0.3) is 0 Å². The van der Waals surface area contributed by atoms with Gasteiger partial charge in [0.05, 0.1) is 17.8 Å². The molecule has 19 heavy (non-hydrogen) atoms. The Bertz CT molecular complexity index is 537. The van der Waals surface area contributed by atoms with Crippen molar-refractivity contribution in [3.63, 3.8) is 0 Å². The first-order chi connectivity index (χ1) is 9.31. The second kappa shape index (κ2) is 6.40. The van der Waals surface area contributed by atoms with Gasteiger partial charge in [-0.2, -0.15) is 0 Å². The zero-order valence-electron chi connectivity index (χ0n) is 10.5. The van der Waals surface area contributed by atoms with E-state index in [0.29, 0.717) is 12.1 Å². The van der Waals surface area contributed by atoms with Gasteiger partial charge in [-0.15, -0.1) is 6.58 Å². The molecule has 0 saturated heterocycles. The molecule has 0 spiro atoms. The zero-order chi connectivity index (χ0) is 13.5. The van der Waals surface area contributed by atoms with Crippen molar-refractivity contribution in [3.8, 4) is 0 Å². The molecule has 0 bridgehead atoms. The highest BCUT2D eigenvalue weighted by molar-refractivity contribution is 5.89. The van der Waals surface area contributed by atoms with E-state index < -0.39 is 0 Å². The summed E-state index contributed by atoms with van der Waals surface area (Å²) < 4.78 is 0. The highest BCUT2D eigenvalue weighted by atomic mass is 16.7. The number of hydroxylamine groups is 1. The van der Waals surface area contributed by atoms with Crippen LogP contribution in [0.2, 0.25) is 0 Å². The number of anilines is 1. The summed E-state index contributed by atoms with van der Waals surface area (Å²) in [4.78, 5) is 17.4. The maximum Gasteiger partial charge on any atom is 0.363 e. The normalized spacial score (nSPS) is 9.68. The molecule has 0 fully saturated rings. The number of nitrogens with zero attached hydrogens (tertiary/aromatic N) is 1. The topological polar surface area (TPSA) is 29.5 Å². The maximum atomic E-state index is 12.0. The molecule has 0 radical (unpaired) electrons. The largest absolute Gasteiger partial charge is 0.363 e. The van der Waals surface area contributed by atoms with Crippen molar-refractivity contribution < 1.29 is 9.63 Å². The van der Waals surface area contributed by atoms with Crippen LogP contribution in [0.15, 0.2) is 73.3 Å². The van der Waals surface area contributed by atoms with Crippen molar-refractivity contribution in [1.29, 1.82) is 0 Å². The summed E-state index contributed by atoms with van der Waals surface area (Å²) in [5.41, 5.74) is 1.33. The molecule has 0 aliphatic rings. The summed E-state index contributed by atoms with van der Waals surface area (Å²) in [7, 11) is 0. The van der Waals surface area contributed by atoms with Gasteiger partial charge in [-0.25, -0.2) is 9.86 Å². The van der Waals surface area contributed by atoms with Gasteiger partial charge in [0.1, 0.15) is 0 Å². The fraction of sp³-hybridized carbons (Fsp3) is 0.0625. The molecule has 0 atom stereocenters. The predicted molar refractivity (Wildman–Crippen MR) is 75.8 cm³/mol. The summed E-state index contributed by atoms with van der Waals surface area (Å²) in [5.74, 6) is -0.383.